The highest BCUT2D eigenvalue weighted by atomic mass is 16.2. The van der Waals surface area contributed by atoms with Crippen LogP contribution in [0.4, 0.5) is 0 Å². The molecule has 62 valence electrons. The molecule has 0 radical (unpaired) electrons. The van der Waals surface area contributed by atoms with E-state index >= 15 is 0 Å². The number of carbonyl (C=O) groups is 1. The van der Waals surface area contributed by atoms with Crippen LogP contribution in [0.15, 0.2) is 11.6 Å². The number of hydrogen-bond donors (Lipinski definition) is 1. The second-order valence-electron chi connectivity index (χ2n) is 3.10. The fourth-order valence-electron chi connectivity index (χ4n) is 1.28. The molecule has 1 heterocycles. The normalized spacial score (nSPS) is 27.6. The maximum atomic E-state index is 11.1. The summed E-state index contributed by atoms with van der Waals surface area (Å²) in [4.78, 5) is 11.1. The van der Waals surface area contributed by atoms with Gasteiger partial charge in [-0.2, -0.15) is 0 Å². The molecule has 1 aliphatic heterocycles. The second-order valence-corrected chi connectivity index (χ2v) is 3.10. The van der Waals surface area contributed by atoms with Crippen molar-refractivity contribution in [3.8, 4) is 0 Å². The fourth-order valence-corrected chi connectivity index (χ4v) is 1.28. The van der Waals surface area contributed by atoms with Crippen LogP contribution in [0, 0.1) is 0 Å². The van der Waals surface area contributed by atoms with Crippen LogP contribution in [-0.4, -0.2) is 11.9 Å². The van der Waals surface area contributed by atoms with Crippen molar-refractivity contribution in [3.63, 3.8) is 0 Å². The monoisotopic (exact) mass is 153 g/mol. The van der Waals surface area contributed by atoms with E-state index in [1.165, 1.54) is 0 Å². The van der Waals surface area contributed by atoms with E-state index in [0.29, 0.717) is 6.04 Å². The van der Waals surface area contributed by atoms with Crippen molar-refractivity contribution < 1.29 is 4.79 Å². The molecule has 0 saturated carbocycles. The summed E-state index contributed by atoms with van der Waals surface area (Å²) in [7, 11) is 0. The maximum absolute atomic E-state index is 11.1. The van der Waals surface area contributed by atoms with E-state index in [1.54, 1.807) is 0 Å². The number of hydrogen-bond acceptors (Lipinski definition) is 1. The predicted octanol–water partition coefficient (Wildman–Crippen LogP) is 1.62. The van der Waals surface area contributed by atoms with Crippen molar-refractivity contribution >= 4 is 5.91 Å². The number of amides is 1. The lowest BCUT2D eigenvalue weighted by Gasteiger charge is -1.95. The topological polar surface area (TPSA) is 29.1 Å². The Hall–Kier alpha value is -0.790. The summed E-state index contributed by atoms with van der Waals surface area (Å²) in [6.07, 6.45) is 5.10. The largest absolute Gasteiger partial charge is 0.350 e. The van der Waals surface area contributed by atoms with Gasteiger partial charge in [-0.05, 0) is 19.8 Å². The van der Waals surface area contributed by atoms with E-state index in [-0.39, 0.29) is 5.91 Å². The minimum absolute atomic E-state index is 0.131. The molecule has 1 aliphatic rings. The van der Waals surface area contributed by atoms with Crippen LogP contribution >= 0.6 is 0 Å². The SMILES string of the molecule is CCC/C=C1\CC(C)NC1=O. The molecular weight excluding hydrogens is 138 g/mol. The zero-order chi connectivity index (χ0) is 8.27. The average Bonchev–Trinajstić information content (AvgIpc) is 2.26. The van der Waals surface area contributed by atoms with Gasteiger partial charge >= 0.3 is 0 Å². The van der Waals surface area contributed by atoms with Gasteiger partial charge in [0, 0.05) is 11.6 Å². The van der Waals surface area contributed by atoms with Gasteiger partial charge in [0.2, 0.25) is 5.91 Å². The maximum Gasteiger partial charge on any atom is 0.247 e. The van der Waals surface area contributed by atoms with E-state index in [4.69, 9.17) is 0 Å². The second kappa shape index (κ2) is 3.56. The molecule has 1 saturated heterocycles. The van der Waals surface area contributed by atoms with E-state index in [1.807, 2.05) is 6.92 Å². The van der Waals surface area contributed by atoms with Gasteiger partial charge in [-0.25, -0.2) is 0 Å². The van der Waals surface area contributed by atoms with Gasteiger partial charge in [0.25, 0.3) is 0 Å². The Bertz CT molecular complexity index is 184. The first-order valence-corrected chi connectivity index (χ1v) is 4.24. The molecule has 1 N–H and O–H groups in total. The number of carbonyl (C=O) groups excluding carboxylic acids is 1. The Balaban J connectivity index is 2.52. The van der Waals surface area contributed by atoms with Crippen molar-refractivity contribution in [2.24, 2.45) is 0 Å². The summed E-state index contributed by atoms with van der Waals surface area (Å²) >= 11 is 0. The van der Waals surface area contributed by atoms with Crippen LogP contribution in [0.25, 0.3) is 0 Å². The smallest absolute Gasteiger partial charge is 0.247 e. The van der Waals surface area contributed by atoms with Gasteiger partial charge in [0.15, 0.2) is 0 Å². The average molecular weight is 153 g/mol. The van der Waals surface area contributed by atoms with E-state index in [2.05, 4.69) is 18.3 Å². The number of rotatable bonds is 2. The first kappa shape index (κ1) is 8.31. The van der Waals surface area contributed by atoms with Gasteiger partial charge < -0.3 is 5.32 Å². The Morgan fingerprint density at radius 2 is 2.45 bits per heavy atom. The molecule has 1 rings (SSSR count). The molecule has 1 amide bonds. The molecule has 0 spiro atoms. The lowest BCUT2D eigenvalue weighted by atomic mass is 10.1. The highest BCUT2D eigenvalue weighted by Gasteiger charge is 2.21. The van der Waals surface area contributed by atoms with Crippen LogP contribution in [0.2, 0.25) is 0 Å². The van der Waals surface area contributed by atoms with Gasteiger partial charge in [-0.3, -0.25) is 4.79 Å². The highest BCUT2D eigenvalue weighted by Crippen LogP contribution is 2.14. The van der Waals surface area contributed by atoms with Crippen molar-refractivity contribution in [1.82, 2.24) is 5.32 Å². The molecule has 0 aromatic rings. The summed E-state index contributed by atoms with van der Waals surface area (Å²) in [6, 6.07) is 0.339. The third-order valence-electron chi connectivity index (χ3n) is 1.87. The Morgan fingerprint density at radius 3 is 2.91 bits per heavy atom. The minimum atomic E-state index is 0.131. The number of allylic oxidation sites excluding steroid dienone is 1. The van der Waals surface area contributed by atoms with Gasteiger partial charge in [-0.1, -0.05) is 19.4 Å². The van der Waals surface area contributed by atoms with E-state index in [9.17, 15) is 4.79 Å². The first-order chi connectivity index (χ1) is 5.24. The molecule has 11 heavy (non-hydrogen) atoms. The van der Waals surface area contributed by atoms with Gasteiger partial charge in [-0.15, -0.1) is 0 Å². The lowest BCUT2D eigenvalue weighted by molar-refractivity contribution is -0.116. The number of nitrogens with one attached hydrogen (secondary N) is 1. The molecular formula is C9H15NO. The Kier molecular flexibility index (Phi) is 2.69. The minimum Gasteiger partial charge on any atom is -0.350 e. The summed E-state index contributed by atoms with van der Waals surface area (Å²) in [5.74, 6) is 0.131. The summed E-state index contributed by atoms with van der Waals surface area (Å²) in [5, 5.41) is 2.87. The predicted molar refractivity (Wildman–Crippen MR) is 45.2 cm³/mol. The van der Waals surface area contributed by atoms with Crippen LogP contribution in [0.1, 0.15) is 33.1 Å². The van der Waals surface area contributed by atoms with E-state index < -0.39 is 0 Å². The molecule has 1 fully saturated rings. The lowest BCUT2D eigenvalue weighted by Crippen LogP contribution is -2.21. The fraction of sp³-hybridized carbons (Fsp3) is 0.667. The number of unbranched alkanes of at least 4 members (excludes halogenated alkanes) is 1. The third kappa shape index (κ3) is 2.07. The van der Waals surface area contributed by atoms with Crippen LogP contribution < -0.4 is 5.32 Å². The van der Waals surface area contributed by atoms with Crippen molar-refractivity contribution in [1.29, 1.82) is 0 Å². The van der Waals surface area contributed by atoms with E-state index in [0.717, 1.165) is 24.8 Å². The van der Waals surface area contributed by atoms with Crippen molar-refractivity contribution in [2.45, 2.75) is 39.2 Å². The van der Waals surface area contributed by atoms with Gasteiger partial charge in [0.1, 0.15) is 0 Å². The van der Waals surface area contributed by atoms with Crippen LogP contribution in [0.5, 0.6) is 0 Å². The standard InChI is InChI=1S/C9H15NO/c1-3-4-5-8-6-7(2)10-9(8)11/h5,7H,3-4,6H2,1-2H3,(H,10,11)/b8-5+. The molecule has 0 bridgehead atoms. The zero-order valence-corrected chi connectivity index (χ0v) is 7.18. The summed E-state index contributed by atoms with van der Waals surface area (Å²) < 4.78 is 0. The molecule has 1 atom stereocenters. The Labute approximate surface area is 67.7 Å². The Morgan fingerprint density at radius 1 is 1.73 bits per heavy atom. The molecule has 2 nitrogen and oxygen atoms in total. The van der Waals surface area contributed by atoms with Crippen LogP contribution in [0.3, 0.4) is 0 Å². The molecule has 0 aromatic heterocycles. The molecule has 2 heteroatoms. The van der Waals surface area contributed by atoms with Gasteiger partial charge in [0.05, 0.1) is 0 Å². The summed E-state index contributed by atoms with van der Waals surface area (Å²) in [6.45, 7) is 4.15. The van der Waals surface area contributed by atoms with Crippen molar-refractivity contribution in [3.05, 3.63) is 11.6 Å². The highest BCUT2D eigenvalue weighted by molar-refractivity contribution is 5.95. The first-order valence-electron chi connectivity index (χ1n) is 4.24. The molecule has 0 aliphatic carbocycles. The summed E-state index contributed by atoms with van der Waals surface area (Å²) in [5.41, 5.74) is 0.972. The third-order valence-corrected chi connectivity index (χ3v) is 1.87. The van der Waals surface area contributed by atoms with Crippen molar-refractivity contribution in [2.75, 3.05) is 0 Å². The quantitative estimate of drug-likeness (QED) is 0.600. The van der Waals surface area contributed by atoms with Crippen LogP contribution in [-0.2, 0) is 4.79 Å². The molecule has 0 aromatic carbocycles. The zero-order valence-electron chi connectivity index (χ0n) is 7.18. The molecule has 1 unspecified atom stereocenters.